The van der Waals surface area contributed by atoms with Crippen LogP contribution in [0.4, 0.5) is 0 Å². The SMILES string of the molecule is CC(=O)CC=Cc1ccc(CC(C)C)cc1. The highest BCUT2D eigenvalue weighted by Crippen LogP contribution is 2.11. The Bertz CT molecular complexity index is 358. The van der Waals surface area contributed by atoms with Gasteiger partial charge in [0.2, 0.25) is 0 Å². The third-order valence-corrected chi connectivity index (χ3v) is 2.34. The number of benzene rings is 1. The summed E-state index contributed by atoms with van der Waals surface area (Å²) in [6.07, 6.45) is 5.56. The summed E-state index contributed by atoms with van der Waals surface area (Å²) >= 11 is 0. The van der Waals surface area contributed by atoms with Crippen molar-refractivity contribution < 1.29 is 4.79 Å². The number of Topliss-reactive ketones (excluding diaryl/α,β-unsaturated/α-hetero) is 1. The molecule has 86 valence electrons. The van der Waals surface area contributed by atoms with Crippen molar-refractivity contribution in [2.75, 3.05) is 0 Å². The van der Waals surface area contributed by atoms with Crippen LogP contribution < -0.4 is 0 Å². The van der Waals surface area contributed by atoms with E-state index in [1.807, 2.05) is 12.2 Å². The van der Waals surface area contributed by atoms with Gasteiger partial charge in [0, 0.05) is 6.42 Å². The van der Waals surface area contributed by atoms with E-state index in [1.54, 1.807) is 6.92 Å². The molecule has 0 bridgehead atoms. The van der Waals surface area contributed by atoms with Gasteiger partial charge in [-0.2, -0.15) is 0 Å². The molecule has 0 heterocycles. The molecule has 1 aromatic rings. The standard InChI is InChI=1S/C15H20O/c1-12(2)11-15-9-7-14(8-10-15)6-4-5-13(3)16/h4,6-10,12H,5,11H2,1-3H3. The van der Waals surface area contributed by atoms with E-state index in [1.165, 1.54) is 5.56 Å². The van der Waals surface area contributed by atoms with Crippen LogP contribution in [0.1, 0.15) is 38.3 Å². The van der Waals surface area contributed by atoms with E-state index in [0.717, 1.165) is 12.0 Å². The molecule has 0 aliphatic heterocycles. The first kappa shape index (κ1) is 12.7. The summed E-state index contributed by atoms with van der Waals surface area (Å²) in [4.78, 5) is 10.8. The summed E-state index contributed by atoms with van der Waals surface area (Å²) < 4.78 is 0. The topological polar surface area (TPSA) is 17.1 Å². The molecule has 0 atom stereocenters. The molecular formula is C15H20O. The third-order valence-electron chi connectivity index (χ3n) is 2.34. The molecule has 1 aromatic carbocycles. The van der Waals surface area contributed by atoms with Crippen LogP contribution in [-0.4, -0.2) is 5.78 Å². The molecule has 1 nitrogen and oxygen atoms in total. The molecular weight excluding hydrogens is 196 g/mol. The molecule has 0 aliphatic rings. The van der Waals surface area contributed by atoms with Crippen molar-refractivity contribution in [2.24, 2.45) is 5.92 Å². The minimum absolute atomic E-state index is 0.202. The first-order valence-electron chi connectivity index (χ1n) is 5.83. The first-order chi connectivity index (χ1) is 7.58. The van der Waals surface area contributed by atoms with E-state index < -0.39 is 0 Å². The maximum atomic E-state index is 10.8. The number of hydrogen-bond acceptors (Lipinski definition) is 1. The average Bonchev–Trinajstić information content (AvgIpc) is 2.19. The van der Waals surface area contributed by atoms with Crippen molar-refractivity contribution in [1.29, 1.82) is 0 Å². The summed E-state index contributed by atoms with van der Waals surface area (Å²) in [5, 5.41) is 0. The molecule has 1 heteroatoms. The van der Waals surface area contributed by atoms with Crippen LogP contribution in [0.25, 0.3) is 6.08 Å². The Morgan fingerprint density at radius 2 is 1.88 bits per heavy atom. The number of ketones is 1. The van der Waals surface area contributed by atoms with Gasteiger partial charge in [0.25, 0.3) is 0 Å². The first-order valence-corrected chi connectivity index (χ1v) is 5.83. The zero-order valence-electron chi connectivity index (χ0n) is 10.4. The Hall–Kier alpha value is -1.37. The average molecular weight is 216 g/mol. The summed E-state index contributed by atoms with van der Waals surface area (Å²) in [5.41, 5.74) is 2.53. The van der Waals surface area contributed by atoms with Gasteiger partial charge in [-0.15, -0.1) is 0 Å². The van der Waals surface area contributed by atoms with Crippen LogP contribution in [0.5, 0.6) is 0 Å². The molecule has 0 saturated carbocycles. The fraction of sp³-hybridized carbons (Fsp3) is 0.400. The Kier molecular flexibility index (Phi) is 4.97. The van der Waals surface area contributed by atoms with Crippen molar-refractivity contribution in [2.45, 2.75) is 33.6 Å². The van der Waals surface area contributed by atoms with Crippen LogP contribution in [0, 0.1) is 5.92 Å². The molecule has 0 amide bonds. The molecule has 0 N–H and O–H groups in total. The van der Waals surface area contributed by atoms with E-state index in [2.05, 4.69) is 38.1 Å². The second-order valence-electron chi connectivity index (χ2n) is 4.65. The lowest BCUT2D eigenvalue weighted by molar-refractivity contribution is -0.116. The van der Waals surface area contributed by atoms with Gasteiger partial charge in [-0.1, -0.05) is 50.3 Å². The van der Waals surface area contributed by atoms with Crippen LogP contribution >= 0.6 is 0 Å². The van der Waals surface area contributed by atoms with Gasteiger partial charge in [0.05, 0.1) is 0 Å². The number of rotatable bonds is 5. The van der Waals surface area contributed by atoms with Gasteiger partial charge in [-0.05, 0) is 30.4 Å². The predicted octanol–water partition coefficient (Wildman–Crippen LogP) is 3.88. The Morgan fingerprint density at radius 3 is 2.38 bits per heavy atom. The van der Waals surface area contributed by atoms with Crippen LogP contribution in [0.2, 0.25) is 0 Å². The molecule has 0 aliphatic carbocycles. The molecule has 0 fully saturated rings. The highest BCUT2D eigenvalue weighted by atomic mass is 16.1. The van der Waals surface area contributed by atoms with Crippen LogP contribution in [-0.2, 0) is 11.2 Å². The number of carbonyl (C=O) groups excluding carboxylic acids is 1. The molecule has 0 radical (unpaired) electrons. The fourth-order valence-electron chi connectivity index (χ4n) is 1.60. The molecule has 1 rings (SSSR count). The monoisotopic (exact) mass is 216 g/mol. The van der Waals surface area contributed by atoms with Crippen molar-refractivity contribution in [3.63, 3.8) is 0 Å². The van der Waals surface area contributed by atoms with E-state index in [-0.39, 0.29) is 5.78 Å². The smallest absolute Gasteiger partial charge is 0.133 e. The lowest BCUT2D eigenvalue weighted by Gasteiger charge is -2.04. The third kappa shape index (κ3) is 4.92. The quantitative estimate of drug-likeness (QED) is 0.730. The minimum atomic E-state index is 0.202. The summed E-state index contributed by atoms with van der Waals surface area (Å²) in [5.74, 6) is 0.895. The van der Waals surface area contributed by atoms with Crippen molar-refractivity contribution in [3.05, 3.63) is 41.5 Å². The lowest BCUT2D eigenvalue weighted by atomic mass is 10.0. The highest BCUT2D eigenvalue weighted by molar-refractivity contribution is 5.78. The second kappa shape index (κ2) is 6.26. The van der Waals surface area contributed by atoms with Crippen molar-refractivity contribution in [3.8, 4) is 0 Å². The maximum Gasteiger partial charge on any atom is 0.133 e. The van der Waals surface area contributed by atoms with Gasteiger partial charge in [-0.25, -0.2) is 0 Å². The second-order valence-corrected chi connectivity index (χ2v) is 4.65. The fourth-order valence-corrected chi connectivity index (χ4v) is 1.60. The number of hydrogen-bond donors (Lipinski definition) is 0. The Labute approximate surface area is 98.2 Å². The Morgan fingerprint density at radius 1 is 1.25 bits per heavy atom. The van der Waals surface area contributed by atoms with Crippen molar-refractivity contribution >= 4 is 11.9 Å². The van der Waals surface area contributed by atoms with Crippen molar-refractivity contribution in [1.82, 2.24) is 0 Å². The Balaban J connectivity index is 2.57. The van der Waals surface area contributed by atoms with E-state index in [4.69, 9.17) is 0 Å². The predicted molar refractivity (Wildman–Crippen MR) is 69.3 cm³/mol. The molecule has 0 aromatic heterocycles. The normalized spacial score (nSPS) is 11.2. The van der Waals surface area contributed by atoms with Gasteiger partial charge >= 0.3 is 0 Å². The summed E-state index contributed by atoms with van der Waals surface area (Å²) in [6.45, 7) is 6.05. The largest absolute Gasteiger partial charge is 0.300 e. The van der Waals surface area contributed by atoms with Crippen LogP contribution in [0.3, 0.4) is 0 Å². The lowest BCUT2D eigenvalue weighted by Crippen LogP contribution is -1.93. The van der Waals surface area contributed by atoms with E-state index in [9.17, 15) is 4.79 Å². The summed E-state index contributed by atoms with van der Waals surface area (Å²) in [7, 11) is 0. The number of allylic oxidation sites excluding steroid dienone is 1. The van der Waals surface area contributed by atoms with Gasteiger partial charge in [0.1, 0.15) is 5.78 Å². The molecule has 0 unspecified atom stereocenters. The van der Waals surface area contributed by atoms with Crippen LogP contribution in [0.15, 0.2) is 30.3 Å². The number of carbonyl (C=O) groups is 1. The zero-order valence-corrected chi connectivity index (χ0v) is 10.4. The minimum Gasteiger partial charge on any atom is -0.300 e. The van der Waals surface area contributed by atoms with E-state index >= 15 is 0 Å². The molecule has 16 heavy (non-hydrogen) atoms. The maximum absolute atomic E-state index is 10.8. The summed E-state index contributed by atoms with van der Waals surface area (Å²) in [6, 6.07) is 8.53. The van der Waals surface area contributed by atoms with Gasteiger partial charge in [-0.3, -0.25) is 4.79 Å². The molecule has 0 spiro atoms. The highest BCUT2D eigenvalue weighted by Gasteiger charge is 1.96. The molecule has 0 saturated heterocycles. The van der Waals surface area contributed by atoms with Gasteiger partial charge in [0.15, 0.2) is 0 Å². The van der Waals surface area contributed by atoms with Gasteiger partial charge < -0.3 is 0 Å². The zero-order chi connectivity index (χ0) is 12.0. The van der Waals surface area contributed by atoms with E-state index in [0.29, 0.717) is 12.3 Å².